The number of nitrogens with zero attached hydrogens (tertiary/aromatic N) is 2. The fourth-order valence-electron chi connectivity index (χ4n) is 2.76. The number of non-ortho nitro benzene ring substituents is 1. The topological polar surface area (TPSA) is 92.5 Å². The van der Waals surface area contributed by atoms with E-state index in [9.17, 15) is 19.7 Å². The third-order valence-electron chi connectivity index (χ3n) is 4.04. The summed E-state index contributed by atoms with van der Waals surface area (Å²) in [6.45, 7) is 0.152. The molecule has 0 aromatic heterocycles. The molecule has 2 aromatic rings. The van der Waals surface area contributed by atoms with Crippen molar-refractivity contribution in [2.24, 2.45) is 5.92 Å². The van der Waals surface area contributed by atoms with Crippen molar-refractivity contribution in [3.05, 3.63) is 62.6 Å². The number of carbonyl (C=O) groups excluding carboxylic acids is 2. The van der Waals surface area contributed by atoms with E-state index in [1.807, 2.05) is 0 Å². The molecule has 26 heavy (non-hydrogen) atoms. The van der Waals surface area contributed by atoms with Gasteiger partial charge in [0.2, 0.25) is 11.8 Å². The summed E-state index contributed by atoms with van der Waals surface area (Å²) >= 11 is 12.1. The maximum atomic E-state index is 12.5. The van der Waals surface area contributed by atoms with Crippen LogP contribution >= 0.6 is 23.2 Å². The molecule has 3 rings (SSSR count). The number of anilines is 2. The Balaban J connectivity index is 1.74. The summed E-state index contributed by atoms with van der Waals surface area (Å²) in [5.41, 5.74) is 0.628. The maximum absolute atomic E-state index is 12.5. The number of amides is 2. The van der Waals surface area contributed by atoms with Gasteiger partial charge in [-0.1, -0.05) is 35.3 Å². The highest BCUT2D eigenvalue weighted by atomic mass is 35.5. The quantitative estimate of drug-likeness (QED) is 0.629. The Kier molecular flexibility index (Phi) is 5.11. The fraction of sp³-hybridized carbons (Fsp3) is 0.176. The van der Waals surface area contributed by atoms with Crippen molar-refractivity contribution in [1.82, 2.24) is 0 Å². The zero-order chi connectivity index (χ0) is 18.8. The summed E-state index contributed by atoms with van der Waals surface area (Å²) in [4.78, 5) is 36.4. The van der Waals surface area contributed by atoms with Crippen molar-refractivity contribution < 1.29 is 14.5 Å². The minimum Gasteiger partial charge on any atom is -0.326 e. The Bertz CT molecular complexity index is 903. The average Bonchev–Trinajstić information content (AvgIpc) is 2.99. The molecule has 1 atom stereocenters. The summed E-state index contributed by atoms with van der Waals surface area (Å²) in [6, 6.07) is 10.6. The molecule has 1 heterocycles. The van der Waals surface area contributed by atoms with E-state index in [1.54, 1.807) is 24.3 Å². The van der Waals surface area contributed by atoms with Crippen LogP contribution in [0.1, 0.15) is 6.42 Å². The summed E-state index contributed by atoms with van der Waals surface area (Å²) < 4.78 is 0. The number of nitrogens with one attached hydrogen (secondary N) is 1. The molecule has 7 nitrogen and oxygen atoms in total. The molecular weight excluding hydrogens is 381 g/mol. The van der Waals surface area contributed by atoms with Crippen LogP contribution in [0.4, 0.5) is 17.1 Å². The lowest BCUT2D eigenvalue weighted by atomic mass is 10.1. The molecule has 134 valence electrons. The minimum atomic E-state index is -0.600. The first-order chi connectivity index (χ1) is 12.4. The molecule has 1 fully saturated rings. The molecule has 0 bridgehead atoms. The van der Waals surface area contributed by atoms with Gasteiger partial charge < -0.3 is 10.2 Å². The maximum Gasteiger partial charge on any atom is 0.271 e. The van der Waals surface area contributed by atoms with Crippen LogP contribution in [-0.4, -0.2) is 23.3 Å². The first-order valence-corrected chi connectivity index (χ1v) is 8.42. The van der Waals surface area contributed by atoms with Gasteiger partial charge in [0.25, 0.3) is 5.69 Å². The standard InChI is InChI=1S/C17H13Cl2N3O4/c18-13-5-2-6-14(16(13)19)21-9-10(7-15(21)23)17(24)20-11-3-1-4-12(8-11)22(25)26/h1-6,8,10H,7,9H2,(H,20,24)/t10-/m0/s1. The molecule has 0 spiro atoms. The van der Waals surface area contributed by atoms with E-state index in [0.717, 1.165) is 0 Å². The highest BCUT2D eigenvalue weighted by Gasteiger charge is 2.36. The largest absolute Gasteiger partial charge is 0.326 e. The summed E-state index contributed by atoms with van der Waals surface area (Å²) in [5, 5.41) is 14.0. The lowest BCUT2D eigenvalue weighted by Crippen LogP contribution is -2.28. The number of hydrogen-bond donors (Lipinski definition) is 1. The Hall–Kier alpha value is -2.64. The van der Waals surface area contributed by atoms with Crippen LogP contribution in [-0.2, 0) is 9.59 Å². The van der Waals surface area contributed by atoms with Crippen LogP contribution in [0.5, 0.6) is 0 Å². The van der Waals surface area contributed by atoms with Gasteiger partial charge >= 0.3 is 0 Å². The normalized spacial score (nSPS) is 16.6. The Labute approximate surface area is 158 Å². The lowest BCUT2D eigenvalue weighted by molar-refractivity contribution is -0.384. The van der Waals surface area contributed by atoms with E-state index in [4.69, 9.17) is 23.2 Å². The third kappa shape index (κ3) is 3.63. The first kappa shape index (κ1) is 18.2. The molecule has 9 heteroatoms. The van der Waals surface area contributed by atoms with Gasteiger partial charge in [0, 0.05) is 30.8 Å². The van der Waals surface area contributed by atoms with Gasteiger partial charge in [0.05, 0.1) is 26.6 Å². The van der Waals surface area contributed by atoms with Gasteiger partial charge in [-0.2, -0.15) is 0 Å². The molecular formula is C17H13Cl2N3O4. The molecule has 1 aliphatic rings. The zero-order valence-corrected chi connectivity index (χ0v) is 14.8. The van der Waals surface area contributed by atoms with Crippen molar-refractivity contribution >= 4 is 52.1 Å². The van der Waals surface area contributed by atoms with Crippen molar-refractivity contribution in [2.45, 2.75) is 6.42 Å². The number of carbonyl (C=O) groups is 2. The molecule has 0 unspecified atom stereocenters. The van der Waals surface area contributed by atoms with Crippen LogP contribution in [0.15, 0.2) is 42.5 Å². The molecule has 2 amide bonds. The smallest absolute Gasteiger partial charge is 0.271 e. The number of hydrogen-bond acceptors (Lipinski definition) is 4. The zero-order valence-electron chi connectivity index (χ0n) is 13.3. The molecule has 2 aromatic carbocycles. The predicted molar refractivity (Wildman–Crippen MR) is 98.6 cm³/mol. The van der Waals surface area contributed by atoms with E-state index in [0.29, 0.717) is 16.4 Å². The van der Waals surface area contributed by atoms with Gasteiger partial charge in [-0.15, -0.1) is 0 Å². The fourth-order valence-corrected chi connectivity index (χ4v) is 3.16. The number of halogens is 2. The second kappa shape index (κ2) is 7.31. The molecule has 0 saturated carbocycles. The lowest BCUT2D eigenvalue weighted by Gasteiger charge is -2.18. The van der Waals surface area contributed by atoms with Crippen LogP contribution in [0.2, 0.25) is 10.0 Å². The number of rotatable bonds is 4. The van der Waals surface area contributed by atoms with Gasteiger partial charge in [-0.25, -0.2) is 0 Å². The SMILES string of the molecule is O=C(Nc1cccc([N+](=O)[O-])c1)[C@H]1CC(=O)N(c2cccc(Cl)c2Cl)C1. The first-order valence-electron chi connectivity index (χ1n) is 7.66. The Morgan fingerprint density at radius 1 is 1.23 bits per heavy atom. The summed E-state index contributed by atoms with van der Waals surface area (Å²) in [5.74, 6) is -1.23. The average molecular weight is 394 g/mol. The summed E-state index contributed by atoms with van der Waals surface area (Å²) in [7, 11) is 0. The number of benzene rings is 2. The van der Waals surface area contributed by atoms with Gasteiger partial charge in [-0.3, -0.25) is 19.7 Å². The minimum absolute atomic E-state index is 0.0175. The molecule has 1 N–H and O–H groups in total. The van der Waals surface area contributed by atoms with Crippen LogP contribution < -0.4 is 10.2 Å². The van der Waals surface area contributed by atoms with Crippen LogP contribution in [0.3, 0.4) is 0 Å². The highest BCUT2D eigenvalue weighted by molar-refractivity contribution is 6.44. The molecule has 1 saturated heterocycles. The third-order valence-corrected chi connectivity index (χ3v) is 4.85. The Morgan fingerprint density at radius 2 is 1.96 bits per heavy atom. The van der Waals surface area contributed by atoms with Crippen molar-refractivity contribution in [3.63, 3.8) is 0 Å². The Morgan fingerprint density at radius 3 is 2.69 bits per heavy atom. The van der Waals surface area contributed by atoms with Crippen LogP contribution in [0, 0.1) is 16.0 Å². The van der Waals surface area contributed by atoms with Crippen molar-refractivity contribution in [3.8, 4) is 0 Å². The van der Waals surface area contributed by atoms with Gasteiger partial charge in [-0.05, 0) is 18.2 Å². The number of nitro groups is 1. The monoisotopic (exact) mass is 393 g/mol. The predicted octanol–water partition coefficient (Wildman–Crippen LogP) is 3.89. The second-order valence-electron chi connectivity index (χ2n) is 5.78. The van der Waals surface area contributed by atoms with Crippen molar-refractivity contribution in [2.75, 3.05) is 16.8 Å². The molecule has 0 aliphatic carbocycles. The van der Waals surface area contributed by atoms with E-state index in [-0.39, 0.29) is 35.5 Å². The second-order valence-corrected chi connectivity index (χ2v) is 6.56. The highest BCUT2D eigenvalue weighted by Crippen LogP contribution is 2.36. The molecule has 0 radical (unpaired) electrons. The summed E-state index contributed by atoms with van der Waals surface area (Å²) in [6.07, 6.45) is 0.0175. The van der Waals surface area contributed by atoms with E-state index in [2.05, 4.69) is 5.32 Å². The van der Waals surface area contributed by atoms with E-state index >= 15 is 0 Å². The van der Waals surface area contributed by atoms with E-state index < -0.39 is 10.8 Å². The van der Waals surface area contributed by atoms with Gasteiger partial charge in [0.1, 0.15) is 0 Å². The van der Waals surface area contributed by atoms with Crippen LogP contribution in [0.25, 0.3) is 0 Å². The molecule has 1 aliphatic heterocycles. The van der Waals surface area contributed by atoms with E-state index in [1.165, 1.54) is 23.1 Å². The van der Waals surface area contributed by atoms with Gasteiger partial charge in [0.15, 0.2) is 0 Å². The number of nitro benzene ring substituents is 1. The van der Waals surface area contributed by atoms with Crippen molar-refractivity contribution in [1.29, 1.82) is 0 Å².